The highest BCUT2D eigenvalue weighted by Gasteiger charge is 2.34. The van der Waals surface area contributed by atoms with Gasteiger partial charge in [0.2, 0.25) is 0 Å². The van der Waals surface area contributed by atoms with Crippen molar-refractivity contribution in [1.82, 2.24) is 4.90 Å². The number of thiophene rings is 1. The predicted octanol–water partition coefficient (Wildman–Crippen LogP) is 2.81. The highest BCUT2D eigenvalue weighted by atomic mass is 32.1. The molecule has 0 bridgehead atoms. The van der Waals surface area contributed by atoms with Gasteiger partial charge in [-0.2, -0.15) is 0 Å². The lowest BCUT2D eigenvalue weighted by Crippen LogP contribution is -2.40. The van der Waals surface area contributed by atoms with Crippen molar-refractivity contribution in [2.24, 2.45) is 0 Å². The van der Waals surface area contributed by atoms with Crippen LogP contribution in [-0.2, 0) is 5.60 Å². The Balaban J connectivity index is 2.03. The second kappa shape index (κ2) is 4.09. The maximum Gasteiger partial charge on any atom is 0.0934 e. The minimum Gasteiger partial charge on any atom is -0.385 e. The molecule has 2 aromatic rings. The molecule has 1 aliphatic rings. The van der Waals surface area contributed by atoms with Crippen LogP contribution in [0.25, 0.3) is 10.1 Å². The SMILES string of the molecule is CN1CCC(O)(c2csc3ccccc23)CC1. The molecule has 0 spiro atoms. The van der Waals surface area contributed by atoms with E-state index in [9.17, 15) is 5.11 Å². The Labute approximate surface area is 105 Å². The topological polar surface area (TPSA) is 23.5 Å². The smallest absolute Gasteiger partial charge is 0.0934 e. The van der Waals surface area contributed by atoms with Crippen LogP contribution >= 0.6 is 11.3 Å². The summed E-state index contributed by atoms with van der Waals surface area (Å²) in [5.74, 6) is 0. The molecule has 1 N–H and O–H groups in total. The molecular formula is C14H17NOS. The molecule has 1 aromatic heterocycles. The van der Waals surface area contributed by atoms with Gasteiger partial charge in [0.05, 0.1) is 5.60 Å². The number of likely N-dealkylation sites (tertiary alicyclic amines) is 1. The quantitative estimate of drug-likeness (QED) is 0.837. The van der Waals surface area contributed by atoms with Crippen LogP contribution in [0.5, 0.6) is 0 Å². The average Bonchev–Trinajstić information content (AvgIpc) is 2.78. The first-order valence-corrected chi connectivity index (χ1v) is 6.95. The first-order chi connectivity index (χ1) is 8.19. The monoisotopic (exact) mass is 247 g/mol. The number of rotatable bonds is 1. The molecule has 90 valence electrons. The zero-order valence-corrected chi connectivity index (χ0v) is 10.8. The third kappa shape index (κ3) is 1.88. The molecule has 2 nitrogen and oxygen atoms in total. The molecule has 0 atom stereocenters. The lowest BCUT2D eigenvalue weighted by atomic mass is 9.84. The van der Waals surface area contributed by atoms with Crippen molar-refractivity contribution in [3.8, 4) is 0 Å². The molecule has 0 radical (unpaired) electrons. The van der Waals surface area contributed by atoms with Gasteiger partial charge in [-0.05, 0) is 36.7 Å². The van der Waals surface area contributed by atoms with E-state index in [4.69, 9.17) is 0 Å². The van der Waals surface area contributed by atoms with Crippen molar-refractivity contribution in [3.05, 3.63) is 35.2 Å². The van der Waals surface area contributed by atoms with Crippen LogP contribution in [0.15, 0.2) is 29.6 Å². The molecule has 0 unspecified atom stereocenters. The Hall–Kier alpha value is -0.900. The number of benzene rings is 1. The van der Waals surface area contributed by atoms with Gasteiger partial charge in [0.1, 0.15) is 0 Å². The van der Waals surface area contributed by atoms with E-state index in [-0.39, 0.29) is 0 Å². The minimum atomic E-state index is -0.619. The van der Waals surface area contributed by atoms with Crippen molar-refractivity contribution in [3.63, 3.8) is 0 Å². The second-order valence-electron chi connectivity index (χ2n) is 4.98. The number of hydrogen-bond acceptors (Lipinski definition) is 3. The van der Waals surface area contributed by atoms with Crippen molar-refractivity contribution < 1.29 is 5.11 Å². The van der Waals surface area contributed by atoms with Crippen LogP contribution in [0.3, 0.4) is 0 Å². The van der Waals surface area contributed by atoms with E-state index >= 15 is 0 Å². The fraction of sp³-hybridized carbons (Fsp3) is 0.429. The fourth-order valence-electron chi connectivity index (χ4n) is 2.60. The van der Waals surface area contributed by atoms with Gasteiger partial charge >= 0.3 is 0 Å². The highest BCUT2D eigenvalue weighted by Crippen LogP contribution is 2.39. The van der Waals surface area contributed by atoms with Crippen LogP contribution < -0.4 is 0 Å². The molecule has 1 aliphatic heterocycles. The maximum absolute atomic E-state index is 10.8. The van der Waals surface area contributed by atoms with Crippen molar-refractivity contribution in [2.75, 3.05) is 20.1 Å². The zero-order chi connectivity index (χ0) is 11.9. The lowest BCUT2D eigenvalue weighted by Gasteiger charge is -2.36. The van der Waals surface area contributed by atoms with Crippen molar-refractivity contribution in [1.29, 1.82) is 0 Å². The van der Waals surface area contributed by atoms with Crippen LogP contribution in [0.4, 0.5) is 0 Å². The summed E-state index contributed by atoms with van der Waals surface area (Å²) >= 11 is 1.73. The van der Waals surface area contributed by atoms with E-state index in [0.29, 0.717) is 0 Å². The molecule has 1 fully saturated rings. The van der Waals surface area contributed by atoms with E-state index < -0.39 is 5.60 Å². The van der Waals surface area contributed by atoms with Gasteiger partial charge in [-0.15, -0.1) is 11.3 Å². The Morgan fingerprint density at radius 3 is 2.71 bits per heavy atom. The molecule has 0 aliphatic carbocycles. The van der Waals surface area contributed by atoms with Gasteiger partial charge in [0.25, 0.3) is 0 Å². The van der Waals surface area contributed by atoms with Crippen LogP contribution in [0.1, 0.15) is 18.4 Å². The Morgan fingerprint density at radius 1 is 1.24 bits per heavy atom. The summed E-state index contributed by atoms with van der Waals surface area (Å²) in [6.45, 7) is 1.95. The van der Waals surface area contributed by atoms with Gasteiger partial charge < -0.3 is 10.0 Å². The molecule has 1 saturated heterocycles. The van der Waals surface area contributed by atoms with Crippen LogP contribution in [0.2, 0.25) is 0 Å². The summed E-state index contributed by atoms with van der Waals surface area (Å²) in [6, 6.07) is 8.36. The van der Waals surface area contributed by atoms with Crippen molar-refractivity contribution >= 4 is 21.4 Å². The fourth-order valence-corrected chi connectivity index (χ4v) is 3.65. The summed E-state index contributed by atoms with van der Waals surface area (Å²) in [7, 11) is 2.12. The average molecular weight is 247 g/mol. The number of nitrogens with zero attached hydrogens (tertiary/aromatic N) is 1. The minimum absolute atomic E-state index is 0.619. The summed E-state index contributed by atoms with van der Waals surface area (Å²) in [6.07, 6.45) is 1.68. The molecule has 17 heavy (non-hydrogen) atoms. The molecule has 0 amide bonds. The molecule has 0 saturated carbocycles. The summed E-state index contributed by atoms with van der Waals surface area (Å²) in [5, 5.41) is 14.2. The maximum atomic E-state index is 10.8. The van der Waals surface area contributed by atoms with Crippen LogP contribution in [-0.4, -0.2) is 30.1 Å². The molecule has 2 heterocycles. The van der Waals surface area contributed by atoms with E-state index in [2.05, 4.69) is 41.6 Å². The van der Waals surface area contributed by atoms with Gasteiger partial charge in [0.15, 0.2) is 0 Å². The summed E-state index contributed by atoms with van der Waals surface area (Å²) < 4.78 is 1.27. The first-order valence-electron chi connectivity index (χ1n) is 6.07. The molecule has 1 aromatic carbocycles. The lowest BCUT2D eigenvalue weighted by molar-refractivity contribution is -0.0187. The van der Waals surface area contributed by atoms with Gasteiger partial charge in [-0.25, -0.2) is 0 Å². The molecule has 3 rings (SSSR count). The summed E-state index contributed by atoms with van der Waals surface area (Å²) in [5.41, 5.74) is 0.512. The normalized spacial score (nSPS) is 20.8. The number of hydrogen-bond donors (Lipinski definition) is 1. The Kier molecular flexibility index (Phi) is 2.69. The molecular weight excluding hydrogens is 230 g/mol. The third-order valence-corrected chi connectivity index (χ3v) is 4.76. The van der Waals surface area contributed by atoms with E-state index in [1.807, 2.05) is 0 Å². The zero-order valence-electron chi connectivity index (χ0n) is 10.0. The highest BCUT2D eigenvalue weighted by molar-refractivity contribution is 7.17. The van der Waals surface area contributed by atoms with Gasteiger partial charge in [0, 0.05) is 23.4 Å². The van der Waals surface area contributed by atoms with E-state index in [1.165, 1.54) is 10.1 Å². The number of aliphatic hydroxyl groups is 1. The third-order valence-electron chi connectivity index (χ3n) is 3.80. The van der Waals surface area contributed by atoms with E-state index in [1.54, 1.807) is 11.3 Å². The first kappa shape index (κ1) is 11.2. The largest absolute Gasteiger partial charge is 0.385 e. The van der Waals surface area contributed by atoms with Gasteiger partial charge in [-0.3, -0.25) is 0 Å². The summed E-state index contributed by atoms with van der Waals surface area (Å²) in [4.78, 5) is 2.28. The van der Waals surface area contributed by atoms with Crippen molar-refractivity contribution in [2.45, 2.75) is 18.4 Å². The second-order valence-corrected chi connectivity index (χ2v) is 5.89. The van der Waals surface area contributed by atoms with Crippen LogP contribution in [0, 0.1) is 0 Å². The van der Waals surface area contributed by atoms with E-state index in [0.717, 1.165) is 31.5 Å². The Morgan fingerprint density at radius 2 is 1.94 bits per heavy atom. The van der Waals surface area contributed by atoms with Gasteiger partial charge in [-0.1, -0.05) is 18.2 Å². The number of piperidine rings is 1. The Bertz CT molecular complexity index is 526. The number of fused-ring (bicyclic) bond motifs is 1. The standard InChI is InChI=1S/C14H17NOS/c1-15-8-6-14(16,7-9-15)12-10-17-13-5-3-2-4-11(12)13/h2-5,10,16H,6-9H2,1H3. The molecule has 3 heteroatoms. The predicted molar refractivity (Wildman–Crippen MR) is 72.5 cm³/mol.